The molecule has 1 aliphatic carbocycles. The molecule has 2 amide bonds. The molecule has 3 aromatic rings. The Kier molecular flexibility index (Phi) is 5.25. The van der Waals surface area contributed by atoms with Crippen LogP contribution in [0.25, 0.3) is 11.4 Å². The van der Waals surface area contributed by atoms with Gasteiger partial charge in [-0.25, -0.2) is 14.8 Å². The van der Waals surface area contributed by atoms with Crippen LogP contribution in [0.5, 0.6) is 0 Å². The maximum absolute atomic E-state index is 12.9. The molecular formula is C25H28N6O2. The molecule has 1 saturated carbocycles. The summed E-state index contributed by atoms with van der Waals surface area (Å²) < 4.78 is 0. The lowest BCUT2D eigenvalue weighted by atomic mass is 9.69. The van der Waals surface area contributed by atoms with Gasteiger partial charge in [0, 0.05) is 23.4 Å². The summed E-state index contributed by atoms with van der Waals surface area (Å²) in [6.07, 6.45) is 8.60. The molecule has 0 radical (unpaired) electrons. The summed E-state index contributed by atoms with van der Waals surface area (Å²) in [5.74, 6) is 0.454. The number of hydrogen-bond donors (Lipinski definition) is 2. The van der Waals surface area contributed by atoms with E-state index in [0.29, 0.717) is 23.6 Å². The Morgan fingerprint density at radius 3 is 2.30 bits per heavy atom. The fourth-order valence-corrected chi connectivity index (χ4v) is 5.28. The number of nitrogens with zero attached hydrogens (tertiary/aromatic N) is 4. The van der Waals surface area contributed by atoms with Gasteiger partial charge in [-0.3, -0.25) is 14.6 Å². The average Bonchev–Trinajstić information content (AvgIpc) is 3.16. The second-order valence-electron chi connectivity index (χ2n) is 9.30. The molecule has 2 aliphatic rings. The van der Waals surface area contributed by atoms with E-state index in [0.717, 1.165) is 25.7 Å². The Balaban J connectivity index is 1.33. The summed E-state index contributed by atoms with van der Waals surface area (Å²) in [7, 11) is 4.29. The van der Waals surface area contributed by atoms with Gasteiger partial charge in [0.1, 0.15) is 0 Å². The second-order valence-corrected chi connectivity index (χ2v) is 9.30. The average molecular weight is 445 g/mol. The summed E-state index contributed by atoms with van der Waals surface area (Å²) in [5, 5.41) is 3.27. The van der Waals surface area contributed by atoms with E-state index in [4.69, 9.17) is 0 Å². The molecule has 3 heterocycles. The first-order chi connectivity index (χ1) is 15.9. The highest BCUT2D eigenvalue weighted by molar-refractivity contribution is 5.95. The molecule has 2 aromatic heterocycles. The van der Waals surface area contributed by atoms with Gasteiger partial charge in [-0.15, -0.1) is 0 Å². The quantitative estimate of drug-likeness (QED) is 0.645. The van der Waals surface area contributed by atoms with Crippen LogP contribution in [0.15, 0.2) is 65.8 Å². The van der Waals surface area contributed by atoms with Crippen molar-refractivity contribution in [3.63, 3.8) is 0 Å². The molecule has 0 atom stereocenters. The van der Waals surface area contributed by atoms with Gasteiger partial charge in [0.15, 0.2) is 5.82 Å². The lowest BCUT2D eigenvalue weighted by Crippen LogP contribution is -2.54. The largest absolute Gasteiger partial charge is 0.330 e. The molecule has 1 saturated heterocycles. The van der Waals surface area contributed by atoms with Crippen LogP contribution in [0.1, 0.15) is 31.2 Å². The first-order valence-electron chi connectivity index (χ1n) is 11.2. The zero-order valence-electron chi connectivity index (χ0n) is 18.9. The minimum absolute atomic E-state index is 0.0249. The van der Waals surface area contributed by atoms with E-state index in [9.17, 15) is 9.59 Å². The number of rotatable bonds is 4. The van der Waals surface area contributed by atoms with Crippen molar-refractivity contribution < 1.29 is 4.79 Å². The third-order valence-electron chi connectivity index (χ3n) is 7.26. The van der Waals surface area contributed by atoms with Crippen molar-refractivity contribution in [2.75, 3.05) is 25.5 Å². The molecule has 8 heteroatoms. The zero-order chi connectivity index (χ0) is 23.1. The Labute approximate surface area is 192 Å². The number of amides is 2. The van der Waals surface area contributed by atoms with Crippen LogP contribution in [0.3, 0.4) is 0 Å². The maximum atomic E-state index is 12.9. The van der Waals surface area contributed by atoms with E-state index in [-0.39, 0.29) is 22.7 Å². The van der Waals surface area contributed by atoms with Gasteiger partial charge in [0.2, 0.25) is 5.56 Å². The van der Waals surface area contributed by atoms with E-state index < -0.39 is 0 Å². The van der Waals surface area contributed by atoms with Crippen LogP contribution in [-0.4, -0.2) is 52.1 Å². The molecule has 170 valence electrons. The molecule has 0 unspecified atom stereocenters. The lowest BCUT2D eigenvalue weighted by molar-refractivity contribution is 0.0658. The Hall–Kier alpha value is -3.52. The second kappa shape index (κ2) is 8.12. The maximum Gasteiger partial charge on any atom is 0.322 e. The fraction of sp³-hybridized carbons (Fsp3) is 0.360. The highest BCUT2D eigenvalue weighted by Gasteiger charge is 2.50. The van der Waals surface area contributed by atoms with Crippen molar-refractivity contribution >= 4 is 11.7 Å². The minimum Gasteiger partial charge on any atom is -0.330 e. The molecule has 1 aliphatic heterocycles. The number of carbonyl (C=O) groups is 1. The summed E-state index contributed by atoms with van der Waals surface area (Å²) in [6, 6.07) is 13.7. The number of aromatic amines is 1. The predicted octanol–water partition coefficient (Wildman–Crippen LogP) is 3.13. The topological polar surface area (TPSA) is 94.2 Å². The third kappa shape index (κ3) is 3.80. The monoisotopic (exact) mass is 444 g/mol. The van der Waals surface area contributed by atoms with Crippen LogP contribution in [0.2, 0.25) is 0 Å². The van der Waals surface area contributed by atoms with E-state index >= 15 is 0 Å². The normalized spacial score (nSPS) is 24.9. The highest BCUT2D eigenvalue weighted by Crippen LogP contribution is 2.46. The Morgan fingerprint density at radius 2 is 1.67 bits per heavy atom. The SMILES string of the molecule is CN(C)[C@]1(c2ccccc2)CC[C@]2(CC1)CN(c1cnc(-c3cc[nH]c(=O)c3)nc1)C(=O)N2. The summed E-state index contributed by atoms with van der Waals surface area (Å²) in [5.41, 5.74) is 2.14. The summed E-state index contributed by atoms with van der Waals surface area (Å²) in [6.45, 7) is 0.595. The van der Waals surface area contributed by atoms with Crippen LogP contribution < -0.4 is 15.8 Å². The van der Waals surface area contributed by atoms with Gasteiger partial charge in [-0.1, -0.05) is 30.3 Å². The van der Waals surface area contributed by atoms with E-state index in [1.165, 1.54) is 11.6 Å². The first-order valence-corrected chi connectivity index (χ1v) is 11.2. The number of H-pyrrole nitrogens is 1. The number of aromatic nitrogens is 3. The smallest absolute Gasteiger partial charge is 0.322 e. The molecule has 33 heavy (non-hydrogen) atoms. The highest BCUT2D eigenvalue weighted by atomic mass is 16.2. The zero-order valence-corrected chi connectivity index (χ0v) is 18.9. The lowest BCUT2D eigenvalue weighted by Gasteiger charge is -2.48. The van der Waals surface area contributed by atoms with Crippen LogP contribution in [-0.2, 0) is 5.54 Å². The van der Waals surface area contributed by atoms with Gasteiger partial charge in [0.25, 0.3) is 0 Å². The van der Waals surface area contributed by atoms with Gasteiger partial charge in [0.05, 0.1) is 30.2 Å². The summed E-state index contributed by atoms with van der Waals surface area (Å²) in [4.78, 5) is 39.9. The number of nitrogens with one attached hydrogen (secondary N) is 2. The van der Waals surface area contributed by atoms with Crippen molar-refractivity contribution in [2.45, 2.75) is 36.8 Å². The number of carbonyl (C=O) groups excluding carboxylic acids is 1. The molecule has 1 spiro atoms. The molecule has 0 bridgehead atoms. The van der Waals surface area contributed by atoms with Crippen LogP contribution in [0.4, 0.5) is 10.5 Å². The number of urea groups is 1. The first kappa shape index (κ1) is 21.3. The van der Waals surface area contributed by atoms with Crippen LogP contribution in [0, 0.1) is 0 Å². The number of hydrogen-bond acceptors (Lipinski definition) is 5. The van der Waals surface area contributed by atoms with Crippen LogP contribution >= 0.6 is 0 Å². The van der Waals surface area contributed by atoms with Crippen molar-refractivity contribution in [1.29, 1.82) is 0 Å². The molecule has 2 N–H and O–H groups in total. The molecular weight excluding hydrogens is 416 g/mol. The van der Waals surface area contributed by atoms with Crippen molar-refractivity contribution in [2.24, 2.45) is 0 Å². The van der Waals surface area contributed by atoms with E-state index in [2.05, 4.69) is 69.6 Å². The van der Waals surface area contributed by atoms with Crippen molar-refractivity contribution in [3.8, 4) is 11.4 Å². The van der Waals surface area contributed by atoms with E-state index in [1.807, 2.05) is 0 Å². The van der Waals surface area contributed by atoms with Gasteiger partial charge >= 0.3 is 6.03 Å². The molecule has 5 rings (SSSR count). The number of pyridine rings is 1. The standard InChI is InChI=1S/C25H28N6O2/c1-30(2)25(19-6-4-3-5-7-19)11-9-24(10-12-25)17-31(23(33)29-24)20-15-27-22(28-16-20)18-8-13-26-21(32)14-18/h3-8,13-16H,9-12,17H2,1-2H3,(H,26,32)(H,29,33)/t24-,25+. The molecule has 8 nitrogen and oxygen atoms in total. The molecule has 2 fully saturated rings. The van der Waals surface area contributed by atoms with Gasteiger partial charge < -0.3 is 10.3 Å². The number of benzene rings is 1. The summed E-state index contributed by atoms with van der Waals surface area (Å²) >= 11 is 0. The number of anilines is 1. The minimum atomic E-state index is -0.253. The third-order valence-corrected chi connectivity index (χ3v) is 7.26. The molecule has 1 aromatic carbocycles. The Morgan fingerprint density at radius 1 is 0.970 bits per heavy atom. The van der Waals surface area contributed by atoms with Crippen molar-refractivity contribution in [1.82, 2.24) is 25.2 Å². The fourth-order valence-electron chi connectivity index (χ4n) is 5.28. The van der Waals surface area contributed by atoms with Crippen molar-refractivity contribution in [3.05, 3.63) is 77.0 Å². The predicted molar refractivity (Wildman–Crippen MR) is 127 cm³/mol. The van der Waals surface area contributed by atoms with E-state index in [1.54, 1.807) is 29.6 Å². The van der Waals surface area contributed by atoms with Gasteiger partial charge in [-0.2, -0.15) is 0 Å². The Bertz CT molecular complexity index is 1200. The van der Waals surface area contributed by atoms with Gasteiger partial charge in [-0.05, 0) is 51.4 Å².